The first-order valence-corrected chi connectivity index (χ1v) is 17.4. The topological polar surface area (TPSA) is 157 Å². The van der Waals surface area contributed by atoms with Crippen LogP contribution in [0.1, 0.15) is 40.1 Å². The van der Waals surface area contributed by atoms with Crippen molar-refractivity contribution in [3.63, 3.8) is 0 Å². The molecular weight excluding hydrogens is 689 g/mol. The van der Waals surface area contributed by atoms with Crippen molar-refractivity contribution < 1.29 is 28.8 Å². The van der Waals surface area contributed by atoms with Crippen LogP contribution in [0.25, 0.3) is 17.2 Å². The third-order valence-electron chi connectivity index (χ3n) is 7.33. The fourth-order valence-electron chi connectivity index (χ4n) is 4.88. The summed E-state index contributed by atoms with van der Waals surface area (Å²) in [5.74, 6) is -2.18. The zero-order valence-electron chi connectivity index (χ0n) is 27.5. The van der Waals surface area contributed by atoms with E-state index in [0.717, 1.165) is 5.56 Å². The second-order valence-corrected chi connectivity index (χ2v) is 13.2. The van der Waals surface area contributed by atoms with Crippen LogP contribution in [-0.4, -0.2) is 40.5 Å². The number of amides is 3. The Balaban J connectivity index is 1.33. The van der Waals surface area contributed by atoms with Gasteiger partial charge in [-0.3, -0.25) is 24.5 Å². The second-order valence-electron chi connectivity index (χ2n) is 10.9. The van der Waals surface area contributed by atoms with E-state index < -0.39 is 28.0 Å². The van der Waals surface area contributed by atoms with Gasteiger partial charge in [0.15, 0.2) is 0 Å². The van der Waals surface area contributed by atoms with Gasteiger partial charge in [-0.2, -0.15) is 0 Å². The van der Waals surface area contributed by atoms with E-state index in [1.807, 2.05) is 35.7 Å². The molecule has 13 heteroatoms. The first kappa shape index (κ1) is 36.2. The van der Waals surface area contributed by atoms with Crippen molar-refractivity contribution in [2.24, 2.45) is 0 Å². The zero-order valence-corrected chi connectivity index (χ0v) is 29.1. The second kappa shape index (κ2) is 17.1. The maximum atomic E-state index is 13.6. The molecule has 51 heavy (non-hydrogen) atoms. The average molecular weight is 721 g/mol. The summed E-state index contributed by atoms with van der Waals surface area (Å²) in [6.07, 6.45) is 1.25. The minimum Gasteiger partial charge on any atom is -0.462 e. The smallest absolute Gasteiger partial charge is 0.341 e. The van der Waals surface area contributed by atoms with E-state index in [1.165, 1.54) is 47.4 Å². The number of hydrogen-bond acceptors (Lipinski definition) is 9. The van der Waals surface area contributed by atoms with Gasteiger partial charge in [0.1, 0.15) is 16.3 Å². The summed E-state index contributed by atoms with van der Waals surface area (Å²) in [5.41, 5.74) is 2.08. The van der Waals surface area contributed by atoms with E-state index >= 15 is 0 Å². The number of thioether (sulfide) groups is 1. The Morgan fingerprint density at radius 2 is 1.59 bits per heavy atom. The molecule has 1 atom stereocenters. The lowest BCUT2D eigenvalue weighted by Crippen LogP contribution is -2.30. The third-order valence-corrected chi connectivity index (χ3v) is 9.32. The van der Waals surface area contributed by atoms with E-state index in [2.05, 4.69) is 16.0 Å². The lowest BCUT2D eigenvalue weighted by molar-refractivity contribution is -0.385. The monoisotopic (exact) mass is 720 g/mol. The predicted molar refractivity (Wildman–Crippen MR) is 200 cm³/mol. The molecule has 5 aromatic rings. The molecule has 0 aliphatic rings. The Labute approximate surface area is 301 Å². The summed E-state index contributed by atoms with van der Waals surface area (Å²) >= 11 is 2.46. The summed E-state index contributed by atoms with van der Waals surface area (Å²) < 4.78 is 5.30. The van der Waals surface area contributed by atoms with Crippen molar-refractivity contribution in [3.8, 4) is 11.1 Å². The van der Waals surface area contributed by atoms with E-state index in [1.54, 1.807) is 74.5 Å². The first-order valence-electron chi connectivity index (χ1n) is 15.7. The molecule has 1 aromatic heterocycles. The molecule has 0 spiro atoms. The molecule has 3 amide bonds. The van der Waals surface area contributed by atoms with E-state index in [4.69, 9.17) is 4.74 Å². The molecule has 258 valence electrons. The number of nitrogens with one attached hydrogen (secondary N) is 3. The molecule has 3 N–H and O–H groups in total. The zero-order chi connectivity index (χ0) is 36.3. The SMILES string of the molecule is CCOC(=O)c1c(-c2ccccc2)csc1NC(=O)C(C)Sc1cccc(NC(=O)/C(=C\c2ccccc2[N+](=O)[O-])NC(=O)c2ccccc2)c1. The van der Waals surface area contributed by atoms with E-state index in [-0.39, 0.29) is 40.6 Å². The van der Waals surface area contributed by atoms with Crippen LogP contribution in [-0.2, 0) is 14.3 Å². The van der Waals surface area contributed by atoms with E-state index in [0.29, 0.717) is 21.1 Å². The number of anilines is 2. The van der Waals surface area contributed by atoms with Gasteiger partial charge in [0.2, 0.25) is 5.91 Å². The van der Waals surface area contributed by atoms with Crippen molar-refractivity contribution in [3.05, 3.63) is 147 Å². The highest BCUT2D eigenvalue weighted by Gasteiger charge is 2.25. The largest absolute Gasteiger partial charge is 0.462 e. The number of nitrogens with zero attached hydrogens (tertiary/aromatic N) is 1. The highest BCUT2D eigenvalue weighted by atomic mass is 32.2. The molecule has 0 saturated heterocycles. The highest BCUT2D eigenvalue weighted by molar-refractivity contribution is 8.00. The van der Waals surface area contributed by atoms with Crippen LogP contribution in [0.4, 0.5) is 16.4 Å². The van der Waals surface area contributed by atoms with Gasteiger partial charge in [0.05, 0.1) is 22.3 Å². The fourth-order valence-corrected chi connectivity index (χ4v) is 6.76. The number of para-hydroxylation sites is 1. The number of benzene rings is 4. The molecule has 0 fully saturated rings. The average Bonchev–Trinajstić information content (AvgIpc) is 3.56. The molecule has 0 aliphatic carbocycles. The Morgan fingerprint density at radius 1 is 0.902 bits per heavy atom. The Bertz CT molecular complexity index is 2100. The van der Waals surface area contributed by atoms with Crippen LogP contribution in [0.2, 0.25) is 0 Å². The molecule has 0 bridgehead atoms. The van der Waals surface area contributed by atoms with Crippen molar-refractivity contribution in [1.82, 2.24) is 5.32 Å². The molecule has 1 unspecified atom stereocenters. The van der Waals surface area contributed by atoms with Crippen LogP contribution >= 0.6 is 23.1 Å². The molecule has 5 rings (SSSR count). The highest BCUT2D eigenvalue weighted by Crippen LogP contribution is 2.37. The number of nitro benzene ring substituents is 1. The molecule has 1 heterocycles. The standard InChI is InChI=1S/C38H32N4O7S2/c1-3-49-38(46)33-30(25-13-6-4-7-14-25)23-50-37(33)41-34(43)24(2)51-29-19-12-18-28(22-29)39-36(45)31(40-35(44)26-15-8-5-9-16-26)21-27-17-10-11-20-32(27)42(47)48/h4-24H,3H2,1-2H3,(H,39,45)(H,40,44)(H,41,43)/b31-21+. The molecule has 0 saturated carbocycles. The Morgan fingerprint density at radius 3 is 2.29 bits per heavy atom. The van der Waals surface area contributed by atoms with Crippen LogP contribution in [0.5, 0.6) is 0 Å². The first-order chi connectivity index (χ1) is 24.6. The van der Waals surface area contributed by atoms with Gasteiger partial charge < -0.3 is 20.7 Å². The lowest BCUT2D eigenvalue weighted by Gasteiger charge is -2.14. The molecule has 4 aromatic carbocycles. The summed E-state index contributed by atoms with van der Waals surface area (Å²) in [5, 5.41) is 21.4. The lowest BCUT2D eigenvalue weighted by atomic mass is 10.0. The predicted octanol–water partition coefficient (Wildman–Crippen LogP) is 8.03. The van der Waals surface area contributed by atoms with Crippen LogP contribution in [0.3, 0.4) is 0 Å². The molecule has 0 aliphatic heterocycles. The summed E-state index contributed by atoms with van der Waals surface area (Å²) in [4.78, 5) is 64.7. The van der Waals surface area contributed by atoms with Gasteiger partial charge in [-0.1, -0.05) is 66.7 Å². The number of thiophene rings is 1. The number of nitro groups is 1. The van der Waals surface area contributed by atoms with Crippen LogP contribution in [0.15, 0.2) is 125 Å². The maximum absolute atomic E-state index is 13.6. The van der Waals surface area contributed by atoms with Gasteiger partial charge in [-0.25, -0.2) is 4.79 Å². The van der Waals surface area contributed by atoms with Gasteiger partial charge >= 0.3 is 5.97 Å². The quantitative estimate of drug-likeness (QED) is 0.0363. The Hall–Kier alpha value is -6.05. The number of ether oxygens (including phenoxy) is 1. The van der Waals surface area contributed by atoms with Gasteiger partial charge in [-0.15, -0.1) is 23.1 Å². The third kappa shape index (κ3) is 9.35. The van der Waals surface area contributed by atoms with Crippen molar-refractivity contribution in [2.75, 3.05) is 17.2 Å². The molecular formula is C38H32N4O7S2. The summed E-state index contributed by atoms with van der Waals surface area (Å²) in [7, 11) is 0. The Kier molecular flexibility index (Phi) is 12.1. The number of hydrogen-bond donors (Lipinski definition) is 3. The van der Waals surface area contributed by atoms with Crippen molar-refractivity contribution in [1.29, 1.82) is 0 Å². The van der Waals surface area contributed by atoms with Crippen molar-refractivity contribution >= 4 is 69.2 Å². The molecule has 0 radical (unpaired) electrons. The summed E-state index contributed by atoms with van der Waals surface area (Å²) in [6, 6.07) is 30.2. The fraction of sp³-hybridized carbons (Fsp3) is 0.105. The summed E-state index contributed by atoms with van der Waals surface area (Å²) in [6.45, 7) is 3.61. The minimum absolute atomic E-state index is 0.123. The number of carbonyl (C=O) groups is 4. The van der Waals surface area contributed by atoms with E-state index in [9.17, 15) is 29.3 Å². The van der Waals surface area contributed by atoms with Gasteiger partial charge in [0, 0.05) is 33.2 Å². The number of rotatable bonds is 13. The number of carbonyl (C=O) groups excluding carboxylic acids is 4. The van der Waals surface area contributed by atoms with Crippen LogP contribution in [0, 0.1) is 10.1 Å². The number of esters is 1. The molecule has 11 nitrogen and oxygen atoms in total. The van der Waals surface area contributed by atoms with Gasteiger partial charge in [-0.05, 0) is 61.9 Å². The normalized spacial score (nSPS) is 11.6. The minimum atomic E-state index is -0.719. The van der Waals surface area contributed by atoms with Crippen molar-refractivity contribution in [2.45, 2.75) is 24.0 Å². The maximum Gasteiger partial charge on any atom is 0.341 e. The van der Waals surface area contributed by atoms with Crippen LogP contribution < -0.4 is 16.0 Å². The van der Waals surface area contributed by atoms with Gasteiger partial charge in [0.25, 0.3) is 17.5 Å².